The molecule has 4 nitrogen and oxygen atoms in total. The molecule has 0 spiro atoms. The molecule has 3 rings (SSSR count). The van der Waals surface area contributed by atoms with E-state index in [1.807, 2.05) is 17.7 Å². The number of benzene rings is 1. The van der Waals surface area contributed by atoms with Crippen LogP contribution in [0.4, 0.5) is 0 Å². The summed E-state index contributed by atoms with van der Waals surface area (Å²) in [5.41, 5.74) is 2.04. The molecular formula is C16H18N4. The molecule has 0 aliphatic heterocycles. The van der Waals surface area contributed by atoms with Crippen LogP contribution in [-0.4, -0.2) is 14.8 Å². The van der Waals surface area contributed by atoms with Crippen LogP contribution in [0.15, 0.2) is 30.6 Å². The van der Waals surface area contributed by atoms with Gasteiger partial charge in [0, 0.05) is 13.0 Å². The standard InChI is InChI=1S/C16H18N4/c1-2-20-15(18-12-19-20)10-16(11-17)9-5-7-13-6-3-4-8-14(13)16/h3-4,6,8,12H,2,5,7,9-10H2,1H3. The Hall–Kier alpha value is -2.15. The summed E-state index contributed by atoms with van der Waals surface area (Å²) in [4.78, 5) is 4.35. The summed E-state index contributed by atoms with van der Waals surface area (Å²) >= 11 is 0. The smallest absolute Gasteiger partial charge is 0.138 e. The van der Waals surface area contributed by atoms with Crippen LogP contribution in [-0.2, 0) is 24.8 Å². The van der Waals surface area contributed by atoms with E-state index in [1.54, 1.807) is 6.33 Å². The summed E-state index contributed by atoms with van der Waals surface area (Å²) in [6, 6.07) is 10.9. The van der Waals surface area contributed by atoms with E-state index in [0.717, 1.165) is 31.6 Å². The summed E-state index contributed by atoms with van der Waals surface area (Å²) in [6.45, 7) is 2.84. The van der Waals surface area contributed by atoms with Crippen LogP contribution >= 0.6 is 0 Å². The Morgan fingerprint density at radius 3 is 3.05 bits per heavy atom. The van der Waals surface area contributed by atoms with E-state index in [0.29, 0.717) is 6.42 Å². The van der Waals surface area contributed by atoms with Crippen molar-refractivity contribution in [3.8, 4) is 6.07 Å². The minimum absolute atomic E-state index is 0.450. The van der Waals surface area contributed by atoms with Crippen molar-refractivity contribution in [2.24, 2.45) is 0 Å². The molecule has 0 saturated heterocycles. The zero-order valence-corrected chi connectivity index (χ0v) is 11.7. The maximum absolute atomic E-state index is 9.84. The van der Waals surface area contributed by atoms with E-state index in [4.69, 9.17) is 0 Å². The lowest BCUT2D eigenvalue weighted by Gasteiger charge is -2.33. The minimum atomic E-state index is -0.450. The van der Waals surface area contributed by atoms with Gasteiger partial charge in [0.15, 0.2) is 0 Å². The molecule has 1 aliphatic carbocycles. The van der Waals surface area contributed by atoms with Crippen LogP contribution in [0.25, 0.3) is 0 Å². The van der Waals surface area contributed by atoms with Crippen molar-refractivity contribution in [3.05, 3.63) is 47.5 Å². The van der Waals surface area contributed by atoms with E-state index < -0.39 is 5.41 Å². The quantitative estimate of drug-likeness (QED) is 0.858. The Bertz CT molecular complexity index is 652. The molecule has 4 heteroatoms. The summed E-state index contributed by atoms with van der Waals surface area (Å²) in [6.07, 6.45) is 5.26. The fourth-order valence-corrected chi connectivity index (χ4v) is 3.22. The monoisotopic (exact) mass is 266 g/mol. The van der Waals surface area contributed by atoms with Gasteiger partial charge in [-0.2, -0.15) is 10.4 Å². The second-order valence-corrected chi connectivity index (χ2v) is 5.37. The number of hydrogen-bond acceptors (Lipinski definition) is 3. The van der Waals surface area contributed by atoms with Gasteiger partial charge in [-0.1, -0.05) is 24.3 Å². The van der Waals surface area contributed by atoms with Crippen molar-refractivity contribution in [1.82, 2.24) is 14.8 Å². The zero-order valence-electron chi connectivity index (χ0n) is 11.7. The first-order chi connectivity index (χ1) is 9.79. The van der Waals surface area contributed by atoms with Crippen molar-refractivity contribution in [2.75, 3.05) is 0 Å². The van der Waals surface area contributed by atoms with Crippen molar-refractivity contribution < 1.29 is 0 Å². The van der Waals surface area contributed by atoms with Crippen molar-refractivity contribution >= 4 is 0 Å². The van der Waals surface area contributed by atoms with Gasteiger partial charge in [-0.25, -0.2) is 4.98 Å². The first-order valence-electron chi connectivity index (χ1n) is 7.15. The lowest BCUT2D eigenvalue weighted by atomic mass is 9.69. The number of nitriles is 1. The molecule has 1 atom stereocenters. The molecular weight excluding hydrogens is 248 g/mol. The second kappa shape index (κ2) is 5.09. The number of aromatic nitrogens is 3. The fraction of sp³-hybridized carbons (Fsp3) is 0.438. The molecule has 1 aromatic carbocycles. The molecule has 20 heavy (non-hydrogen) atoms. The third kappa shape index (κ3) is 2.00. The highest BCUT2D eigenvalue weighted by Gasteiger charge is 2.38. The van der Waals surface area contributed by atoms with Crippen LogP contribution in [0.2, 0.25) is 0 Å². The molecule has 1 unspecified atom stereocenters. The van der Waals surface area contributed by atoms with Crippen LogP contribution in [0.5, 0.6) is 0 Å². The van der Waals surface area contributed by atoms with E-state index in [9.17, 15) is 5.26 Å². The summed E-state index contributed by atoms with van der Waals surface area (Å²) in [5, 5.41) is 14.1. The third-order valence-electron chi connectivity index (χ3n) is 4.25. The Morgan fingerprint density at radius 2 is 2.25 bits per heavy atom. The number of fused-ring (bicyclic) bond motifs is 1. The average molecular weight is 266 g/mol. The Morgan fingerprint density at radius 1 is 1.40 bits per heavy atom. The molecule has 0 N–H and O–H groups in total. The van der Waals surface area contributed by atoms with Crippen LogP contribution in [0.3, 0.4) is 0 Å². The predicted octanol–water partition coefficient (Wildman–Crippen LogP) is 2.64. The fourth-order valence-electron chi connectivity index (χ4n) is 3.22. The topological polar surface area (TPSA) is 54.5 Å². The number of rotatable bonds is 3. The highest BCUT2D eigenvalue weighted by atomic mass is 15.3. The van der Waals surface area contributed by atoms with E-state index in [1.165, 1.54) is 11.1 Å². The Kier molecular flexibility index (Phi) is 3.27. The largest absolute Gasteiger partial charge is 0.250 e. The molecule has 0 saturated carbocycles. The maximum atomic E-state index is 9.84. The molecule has 1 heterocycles. The summed E-state index contributed by atoms with van der Waals surface area (Å²) in [5.74, 6) is 0.908. The van der Waals surface area contributed by atoms with E-state index >= 15 is 0 Å². The summed E-state index contributed by atoms with van der Waals surface area (Å²) < 4.78 is 1.89. The van der Waals surface area contributed by atoms with Crippen molar-refractivity contribution in [2.45, 2.75) is 44.6 Å². The first-order valence-corrected chi connectivity index (χ1v) is 7.15. The second-order valence-electron chi connectivity index (χ2n) is 5.37. The van der Waals surface area contributed by atoms with Gasteiger partial charge in [-0.3, -0.25) is 4.68 Å². The number of nitrogens with zero attached hydrogens (tertiary/aromatic N) is 4. The van der Waals surface area contributed by atoms with Gasteiger partial charge in [0.25, 0.3) is 0 Å². The van der Waals surface area contributed by atoms with Gasteiger partial charge < -0.3 is 0 Å². The highest BCUT2D eigenvalue weighted by Crippen LogP contribution is 2.39. The molecule has 1 aromatic heterocycles. The highest BCUT2D eigenvalue weighted by molar-refractivity contribution is 5.42. The van der Waals surface area contributed by atoms with E-state index in [2.05, 4.69) is 34.4 Å². The molecule has 0 bridgehead atoms. The van der Waals surface area contributed by atoms with Crippen LogP contribution < -0.4 is 0 Å². The lowest BCUT2D eigenvalue weighted by molar-refractivity contribution is 0.429. The minimum Gasteiger partial charge on any atom is -0.250 e. The number of hydrogen-bond donors (Lipinski definition) is 0. The molecule has 0 radical (unpaired) electrons. The van der Waals surface area contributed by atoms with Gasteiger partial charge >= 0.3 is 0 Å². The first kappa shape index (κ1) is 12.9. The Balaban J connectivity index is 2.04. The molecule has 0 amide bonds. The van der Waals surface area contributed by atoms with Gasteiger partial charge in [0.1, 0.15) is 12.2 Å². The van der Waals surface area contributed by atoms with E-state index in [-0.39, 0.29) is 0 Å². The molecule has 102 valence electrons. The van der Waals surface area contributed by atoms with Crippen molar-refractivity contribution in [1.29, 1.82) is 5.26 Å². The lowest BCUT2D eigenvalue weighted by Crippen LogP contribution is -2.33. The van der Waals surface area contributed by atoms with Crippen LogP contribution in [0, 0.1) is 11.3 Å². The van der Waals surface area contributed by atoms with Gasteiger partial charge in [-0.05, 0) is 37.3 Å². The maximum Gasteiger partial charge on any atom is 0.138 e. The normalized spacial score (nSPS) is 21.2. The molecule has 1 aliphatic rings. The van der Waals surface area contributed by atoms with Gasteiger partial charge in [-0.15, -0.1) is 0 Å². The number of aryl methyl sites for hydroxylation is 2. The third-order valence-corrected chi connectivity index (χ3v) is 4.25. The average Bonchev–Trinajstić information content (AvgIpc) is 2.94. The van der Waals surface area contributed by atoms with Gasteiger partial charge in [0.2, 0.25) is 0 Å². The molecule has 0 fully saturated rings. The molecule has 2 aromatic rings. The summed E-state index contributed by atoms with van der Waals surface area (Å²) in [7, 11) is 0. The Labute approximate surface area is 119 Å². The van der Waals surface area contributed by atoms with Gasteiger partial charge in [0.05, 0.1) is 11.5 Å². The SMILES string of the molecule is CCn1ncnc1CC1(C#N)CCCc2ccccc21. The predicted molar refractivity (Wildman–Crippen MR) is 76.1 cm³/mol. The zero-order chi connectivity index (χ0) is 14.0. The van der Waals surface area contributed by atoms with Crippen LogP contribution in [0.1, 0.15) is 36.7 Å². The van der Waals surface area contributed by atoms with Crippen molar-refractivity contribution in [3.63, 3.8) is 0 Å².